The van der Waals surface area contributed by atoms with E-state index in [4.69, 9.17) is 28.6 Å². The largest absolute Gasteiger partial charge is 2.00 e. The minimum Gasteiger partial charge on any atom is 2.00 e. The second-order valence-electron chi connectivity index (χ2n) is 0.816. The van der Waals surface area contributed by atoms with Crippen molar-refractivity contribution in [3.63, 3.8) is 0 Å². The summed E-state index contributed by atoms with van der Waals surface area (Å²) in [6.45, 7) is 0. The van der Waals surface area contributed by atoms with Gasteiger partial charge in [-0.05, 0) is 0 Å². The van der Waals surface area contributed by atoms with Crippen LogP contribution in [0.15, 0.2) is 0 Å². The van der Waals surface area contributed by atoms with Crippen LogP contribution in [0.25, 0.3) is 0 Å². The van der Waals surface area contributed by atoms with Crippen molar-refractivity contribution in [2.24, 2.45) is 0 Å². The molecule has 0 aromatic carbocycles. The molecule has 0 N–H and O–H groups in total. The fraction of sp³-hybridized carbons (Fsp3) is 0. The van der Waals surface area contributed by atoms with E-state index in [-0.39, 0.29) is 107 Å². The molecule has 0 atom stereocenters. The van der Waals surface area contributed by atoms with Gasteiger partial charge in [-0.1, -0.05) is 0 Å². The zero-order valence-corrected chi connectivity index (χ0v) is 25.4. The summed E-state index contributed by atoms with van der Waals surface area (Å²) in [5, 5.41) is 0. The van der Waals surface area contributed by atoms with Crippen LogP contribution < -0.4 is 39.9 Å². The molecule has 0 aliphatic carbocycles. The number of halogens is 2. The van der Waals surface area contributed by atoms with E-state index in [9.17, 15) is 0 Å². The Balaban J connectivity index is -0.0000000128. The van der Waals surface area contributed by atoms with Crippen LogP contribution in [-0.2, 0) is 47.1 Å². The molecule has 0 spiro atoms. The monoisotopic (exact) mass is 1190 g/mol. The van der Waals surface area contributed by atoms with E-state index in [2.05, 4.69) is 0 Å². The summed E-state index contributed by atoms with van der Waals surface area (Å²) in [5.41, 5.74) is 0. The molecule has 0 aliphatic rings. The second-order valence-corrected chi connectivity index (χ2v) is 6.68. The molecule has 0 saturated heterocycles. The van der Waals surface area contributed by atoms with E-state index in [1.54, 1.807) is 0 Å². The first-order valence-corrected chi connectivity index (χ1v) is 10.9. The smallest absolute Gasteiger partial charge is 2.00 e. The Hall–Kier alpha value is 3.76. The topological polar surface area (TPSA) is 161 Å². The quantitative estimate of drug-likeness (QED) is 0.217. The van der Waals surface area contributed by atoms with E-state index >= 15 is 0 Å². The maximum absolute atomic E-state index is 8.65. The van der Waals surface area contributed by atoms with Crippen molar-refractivity contribution in [2.45, 2.75) is 0 Å². The summed E-state index contributed by atoms with van der Waals surface area (Å²) in [4.78, 5) is 0. The zero-order chi connectivity index (χ0) is 9.00. The Morgan fingerprint density at radius 2 is 0.533 bits per heavy atom. The van der Waals surface area contributed by atoms with Gasteiger partial charge in [0, 0.05) is 0 Å². The predicted molar refractivity (Wildman–Crippen MR) is 20.0 cm³/mol. The second kappa shape index (κ2) is 20.1. The van der Waals surface area contributed by atoms with E-state index in [1.807, 2.05) is 0 Å². The molecule has 0 bridgehead atoms. The van der Waals surface area contributed by atoms with Crippen molar-refractivity contribution in [1.82, 2.24) is 0 Å². The molecule has 6 radical (unpaired) electrons. The van der Waals surface area contributed by atoms with Crippen molar-refractivity contribution >= 4 is 81.9 Å². The van der Waals surface area contributed by atoms with Gasteiger partial charge in [0.25, 0.3) is 0 Å². The van der Waals surface area contributed by atoms with Crippen molar-refractivity contribution in [3.8, 4) is 0 Å². The van der Waals surface area contributed by atoms with Crippen LogP contribution in [-0.4, -0.2) is 81.9 Å². The third kappa shape index (κ3) is 312. The maximum Gasteiger partial charge on any atom is 2.00 e. The number of rotatable bonds is 0. The summed E-state index contributed by atoms with van der Waals surface area (Å²) in [6.07, 6.45) is 0. The summed E-state index contributed by atoms with van der Waals surface area (Å²) in [6, 6.07) is 0. The molecule has 0 saturated carbocycles. The molecule has 86 valence electrons. The summed E-state index contributed by atoms with van der Waals surface area (Å²) in [5.74, 6) is 0. The standard InChI is InChI=1S/2ClH.8O.3Pb.2W/h2*1H;;;;;;;;;;;;;/q;;;;;;4*-1;3*+2;;/p-2. The van der Waals surface area contributed by atoms with Gasteiger partial charge in [0.15, 0.2) is 0 Å². The van der Waals surface area contributed by atoms with Crippen LogP contribution in [0, 0.1) is 0 Å². The van der Waals surface area contributed by atoms with Crippen LogP contribution in [0.2, 0.25) is 0 Å². The van der Waals surface area contributed by atoms with E-state index < -0.39 is 33.5 Å². The normalized spacial score (nSPS) is 7.73. The summed E-state index contributed by atoms with van der Waals surface area (Å²) in [7, 11) is 0. The Morgan fingerprint density at radius 3 is 0.533 bits per heavy atom. The van der Waals surface area contributed by atoms with Crippen LogP contribution in [0.4, 0.5) is 0 Å². The fourth-order valence-corrected chi connectivity index (χ4v) is 0. The molecule has 15 heteroatoms. The van der Waals surface area contributed by atoms with Crippen molar-refractivity contribution < 1.29 is 86.9 Å². The predicted octanol–water partition coefficient (Wildman–Crippen LogP) is -12.4. The molecule has 15 heavy (non-hydrogen) atoms. The van der Waals surface area contributed by atoms with Crippen LogP contribution in [0.1, 0.15) is 0 Å². The molecule has 0 heterocycles. The van der Waals surface area contributed by atoms with Crippen molar-refractivity contribution in [2.75, 3.05) is 0 Å². The van der Waals surface area contributed by atoms with Crippen molar-refractivity contribution in [3.05, 3.63) is 0 Å². The zero-order valence-electron chi connectivity index (χ0n) is 6.34. The van der Waals surface area contributed by atoms with Gasteiger partial charge >= 0.3 is 144 Å². The van der Waals surface area contributed by atoms with Gasteiger partial charge in [-0.15, -0.1) is 0 Å². The molecule has 0 rings (SSSR count). The van der Waals surface area contributed by atoms with E-state index in [0.717, 1.165) is 0 Å². The Morgan fingerprint density at radius 1 is 0.533 bits per heavy atom. The van der Waals surface area contributed by atoms with Crippen LogP contribution >= 0.6 is 0 Å². The molecule has 0 amide bonds. The molecular formula is Cl2O8Pb3W2. The Kier molecular flexibility index (Phi) is 57.3. The molecule has 8 nitrogen and oxygen atoms in total. The van der Waals surface area contributed by atoms with Crippen molar-refractivity contribution in [1.29, 1.82) is 0 Å². The molecule has 0 unspecified atom stereocenters. The third-order valence-electron chi connectivity index (χ3n) is 0. The summed E-state index contributed by atoms with van der Waals surface area (Å²) < 4.78 is 69.2. The third-order valence-corrected chi connectivity index (χ3v) is 0. The maximum atomic E-state index is 8.65. The van der Waals surface area contributed by atoms with Gasteiger partial charge in [-0.3, -0.25) is 0 Å². The molecule has 0 aliphatic heterocycles. The Bertz CT molecular complexity index is 222. The average Bonchev–Trinajstić information content (AvgIpc) is 1.12. The van der Waals surface area contributed by atoms with Gasteiger partial charge in [-0.2, -0.15) is 0 Å². The fourth-order valence-electron chi connectivity index (χ4n) is 0. The number of hydrogen-bond donors (Lipinski definition) is 0. The molecule has 0 aromatic rings. The minimum absolute atomic E-state index is 0. The summed E-state index contributed by atoms with van der Waals surface area (Å²) >= 11 is -12.3. The number of hydrogen-bond acceptors (Lipinski definition) is 8. The van der Waals surface area contributed by atoms with Gasteiger partial charge in [0.05, 0.1) is 0 Å². The van der Waals surface area contributed by atoms with Gasteiger partial charge in [-0.25, -0.2) is 0 Å². The van der Waals surface area contributed by atoms with E-state index in [1.165, 1.54) is 0 Å². The first-order chi connectivity index (χ1) is 4.00. The average molecular weight is 1190 g/mol. The first kappa shape index (κ1) is 42.8. The van der Waals surface area contributed by atoms with Gasteiger partial charge < -0.3 is 24.8 Å². The molecular weight excluding hydrogens is 1190 g/mol. The minimum atomic E-state index is -6.17. The van der Waals surface area contributed by atoms with Crippen LogP contribution in [0.3, 0.4) is 0 Å². The van der Waals surface area contributed by atoms with Gasteiger partial charge in [0.1, 0.15) is 0 Å². The Labute approximate surface area is 165 Å². The molecule has 0 fully saturated rings. The van der Waals surface area contributed by atoms with Gasteiger partial charge in [0.2, 0.25) is 0 Å². The van der Waals surface area contributed by atoms with Crippen LogP contribution in [0.5, 0.6) is 0 Å². The SMILES string of the molecule is [Cl-].[Cl-].[O]=[W](=[O])([O-])[O-].[O]=[W](=[O])([O-])[O-].[Pb+2].[Pb+2].[Pb+2]. The molecule has 0 aromatic heterocycles. The van der Waals surface area contributed by atoms with E-state index in [0.29, 0.717) is 0 Å². The first-order valence-electron chi connectivity index (χ1n) is 1.33.